The van der Waals surface area contributed by atoms with Gasteiger partial charge in [-0.2, -0.15) is 0 Å². The second-order valence-corrected chi connectivity index (χ2v) is 4.97. The van der Waals surface area contributed by atoms with Gasteiger partial charge in [-0.25, -0.2) is 0 Å². The van der Waals surface area contributed by atoms with E-state index >= 15 is 0 Å². The van der Waals surface area contributed by atoms with Crippen molar-refractivity contribution in [3.63, 3.8) is 0 Å². The highest BCUT2D eigenvalue weighted by Crippen LogP contribution is 2.29. The molecule has 2 rings (SSSR count). The summed E-state index contributed by atoms with van der Waals surface area (Å²) in [5.74, 6) is -1.14. The molecule has 0 radical (unpaired) electrons. The lowest BCUT2D eigenvalue weighted by molar-refractivity contribution is -0.385. The van der Waals surface area contributed by atoms with Gasteiger partial charge < -0.3 is 15.2 Å². The van der Waals surface area contributed by atoms with Crippen LogP contribution in [0, 0.1) is 10.1 Å². The van der Waals surface area contributed by atoms with E-state index in [0.29, 0.717) is 13.0 Å². The quantitative estimate of drug-likeness (QED) is 0.638. The van der Waals surface area contributed by atoms with Crippen LogP contribution in [-0.2, 0) is 4.74 Å². The predicted octanol–water partition coefficient (Wildman–Crippen LogP) is 1.99. The van der Waals surface area contributed by atoms with E-state index < -0.39 is 22.3 Å². The topological polar surface area (TPSA) is 102 Å². The summed E-state index contributed by atoms with van der Waals surface area (Å²) in [5.41, 5.74) is -0.575. The molecule has 0 spiro atoms. The van der Waals surface area contributed by atoms with Crippen LogP contribution in [0.5, 0.6) is 5.75 Å². The van der Waals surface area contributed by atoms with Crippen molar-refractivity contribution in [1.29, 1.82) is 0 Å². The number of carbonyl (C=O) groups is 1. The molecule has 114 valence electrons. The van der Waals surface area contributed by atoms with Gasteiger partial charge in [-0.1, -0.05) is 13.0 Å². The molecule has 0 aliphatic carbocycles. The molecule has 1 saturated heterocycles. The first-order chi connectivity index (χ1) is 10.0. The van der Waals surface area contributed by atoms with Crippen LogP contribution in [0.3, 0.4) is 0 Å². The number of nitrogens with zero attached hydrogens (tertiary/aromatic N) is 1. The number of hydrogen-bond acceptors (Lipinski definition) is 5. The number of para-hydroxylation sites is 1. The van der Waals surface area contributed by atoms with Crippen molar-refractivity contribution < 1.29 is 19.6 Å². The second-order valence-electron chi connectivity index (χ2n) is 4.97. The molecule has 1 aromatic carbocycles. The summed E-state index contributed by atoms with van der Waals surface area (Å²) in [7, 11) is 0. The Balaban J connectivity index is 2.16. The molecule has 1 aliphatic rings. The number of nitrogens with one attached hydrogen (secondary N) is 1. The Kier molecular flexibility index (Phi) is 4.74. The smallest absolute Gasteiger partial charge is 0.311 e. The summed E-state index contributed by atoms with van der Waals surface area (Å²) in [4.78, 5) is 22.3. The lowest BCUT2D eigenvalue weighted by Crippen LogP contribution is -2.42. The molecule has 0 aromatic heterocycles. The maximum Gasteiger partial charge on any atom is 0.311 e. The predicted molar refractivity (Wildman–Crippen MR) is 75.3 cm³/mol. The van der Waals surface area contributed by atoms with Crippen molar-refractivity contribution in [2.45, 2.75) is 38.3 Å². The molecular weight excluding hydrogens is 276 g/mol. The van der Waals surface area contributed by atoms with E-state index in [-0.39, 0.29) is 17.7 Å². The number of rotatable bonds is 5. The third kappa shape index (κ3) is 3.30. The van der Waals surface area contributed by atoms with Crippen molar-refractivity contribution in [3.05, 3.63) is 33.9 Å². The number of nitro benzene ring substituents is 1. The minimum atomic E-state index is -0.719. The first-order valence-electron chi connectivity index (χ1n) is 6.93. The summed E-state index contributed by atoms with van der Waals surface area (Å²) in [6.45, 7) is 2.61. The molecule has 1 heterocycles. The summed E-state index contributed by atoms with van der Waals surface area (Å²) in [5, 5.41) is 23.4. The number of nitro groups is 1. The molecule has 1 amide bonds. The Hall–Kier alpha value is -2.15. The first kappa shape index (κ1) is 15.2. The van der Waals surface area contributed by atoms with Crippen LogP contribution >= 0.6 is 0 Å². The van der Waals surface area contributed by atoms with E-state index in [1.165, 1.54) is 12.1 Å². The highest BCUT2D eigenvalue weighted by Gasteiger charge is 2.28. The molecule has 0 saturated carbocycles. The lowest BCUT2D eigenvalue weighted by Gasteiger charge is -2.23. The van der Waals surface area contributed by atoms with E-state index in [2.05, 4.69) is 5.32 Å². The average Bonchev–Trinajstić information content (AvgIpc) is 2.98. The zero-order chi connectivity index (χ0) is 15.4. The number of amides is 1. The van der Waals surface area contributed by atoms with Gasteiger partial charge in [-0.15, -0.1) is 0 Å². The minimum Gasteiger partial charge on any atom is -0.502 e. The molecule has 7 heteroatoms. The van der Waals surface area contributed by atoms with Crippen LogP contribution < -0.4 is 5.32 Å². The van der Waals surface area contributed by atoms with Gasteiger partial charge in [0.05, 0.1) is 22.6 Å². The molecule has 1 aliphatic heterocycles. The Morgan fingerprint density at radius 3 is 2.95 bits per heavy atom. The van der Waals surface area contributed by atoms with Crippen molar-refractivity contribution in [3.8, 4) is 5.75 Å². The summed E-state index contributed by atoms with van der Waals surface area (Å²) >= 11 is 0. The SMILES string of the molecule is CC[C@H](NC(=O)c1cccc([N+](=O)[O-])c1O)[C@@H]1CCCO1. The van der Waals surface area contributed by atoms with Gasteiger partial charge in [-0.3, -0.25) is 14.9 Å². The Bertz CT molecular complexity index is 540. The van der Waals surface area contributed by atoms with Gasteiger partial charge in [-0.05, 0) is 25.3 Å². The first-order valence-corrected chi connectivity index (χ1v) is 6.93. The van der Waals surface area contributed by atoms with Crippen molar-refractivity contribution in [2.75, 3.05) is 6.61 Å². The van der Waals surface area contributed by atoms with Crippen LogP contribution in [-0.4, -0.2) is 34.7 Å². The van der Waals surface area contributed by atoms with Crippen LogP contribution in [0.15, 0.2) is 18.2 Å². The van der Waals surface area contributed by atoms with Crippen molar-refractivity contribution in [2.24, 2.45) is 0 Å². The third-order valence-corrected chi connectivity index (χ3v) is 3.63. The molecule has 0 unspecified atom stereocenters. The number of phenols is 1. The van der Waals surface area contributed by atoms with E-state index in [1.54, 1.807) is 0 Å². The van der Waals surface area contributed by atoms with Gasteiger partial charge in [0.25, 0.3) is 5.91 Å². The van der Waals surface area contributed by atoms with E-state index in [1.807, 2.05) is 6.92 Å². The van der Waals surface area contributed by atoms with Gasteiger partial charge in [0.2, 0.25) is 5.75 Å². The fourth-order valence-corrected chi connectivity index (χ4v) is 2.49. The van der Waals surface area contributed by atoms with E-state index in [4.69, 9.17) is 4.74 Å². The van der Waals surface area contributed by atoms with E-state index in [9.17, 15) is 20.0 Å². The molecular formula is C14H18N2O5. The fraction of sp³-hybridized carbons (Fsp3) is 0.500. The fourth-order valence-electron chi connectivity index (χ4n) is 2.49. The third-order valence-electron chi connectivity index (χ3n) is 3.63. The molecule has 21 heavy (non-hydrogen) atoms. The van der Waals surface area contributed by atoms with Gasteiger partial charge in [0.15, 0.2) is 0 Å². The normalized spacial score (nSPS) is 19.2. The molecule has 0 bridgehead atoms. The minimum absolute atomic E-state index is 0.0419. The van der Waals surface area contributed by atoms with Crippen LogP contribution in [0.4, 0.5) is 5.69 Å². The Labute approximate surface area is 122 Å². The highest BCUT2D eigenvalue weighted by atomic mass is 16.6. The van der Waals surface area contributed by atoms with Gasteiger partial charge in [0, 0.05) is 12.7 Å². The highest BCUT2D eigenvalue weighted by molar-refractivity contribution is 5.98. The molecule has 1 fully saturated rings. The molecule has 7 nitrogen and oxygen atoms in total. The number of hydrogen-bond donors (Lipinski definition) is 2. The maximum absolute atomic E-state index is 12.2. The van der Waals surface area contributed by atoms with Gasteiger partial charge in [0.1, 0.15) is 0 Å². The number of aromatic hydroxyl groups is 1. The molecule has 1 aromatic rings. The summed E-state index contributed by atoms with van der Waals surface area (Å²) in [6.07, 6.45) is 2.48. The second kappa shape index (κ2) is 6.53. The summed E-state index contributed by atoms with van der Waals surface area (Å²) in [6, 6.07) is 3.72. The Morgan fingerprint density at radius 2 is 2.38 bits per heavy atom. The molecule has 2 N–H and O–H groups in total. The zero-order valence-corrected chi connectivity index (χ0v) is 11.7. The number of phenolic OH excluding ortho intramolecular Hbond substituents is 1. The molecule has 2 atom stereocenters. The number of ether oxygens (including phenoxy) is 1. The van der Waals surface area contributed by atoms with Crippen molar-refractivity contribution in [1.82, 2.24) is 5.32 Å². The number of benzene rings is 1. The zero-order valence-electron chi connectivity index (χ0n) is 11.7. The van der Waals surface area contributed by atoms with Crippen LogP contribution in [0.1, 0.15) is 36.5 Å². The Morgan fingerprint density at radius 1 is 1.62 bits per heavy atom. The average molecular weight is 294 g/mol. The van der Waals surface area contributed by atoms with Crippen LogP contribution in [0.25, 0.3) is 0 Å². The summed E-state index contributed by atoms with van der Waals surface area (Å²) < 4.78 is 5.55. The largest absolute Gasteiger partial charge is 0.502 e. The van der Waals surface area contributed by atoms with Crippen LogP contribution in [0.2, 0.25) is 0 Å². The van der Waals surface area contributed by atoms with Crippen molar-refractivity contribution >= 4 is 11.6 Å². The van der Waals surface area contributed by atoms with E-state index in [0.717, 1.165) is 18.9 Å². The number of carbonyl (C=O) groups excluding carboxylic acids is 1. The maximum atomic E-state index is 12.2. The lowest BCUT2D eigenvalue weighted by atomic mass is 10.0. The monoisotopic (exact) mass is 294 g/mol. The van der Waals surface area contributed by atoms with Gasteiger partial charge >= 0.3 is 5.69 Å². The standard InChI is InChI=1S/C14H18N2O5/c1-2-10(12-7-4-8-21-12)15-14(18)9-5-3-6-11(13(9)17)16(19)20/h3,5-6,10,12,17H,2,4,7-8H2,1H3,(H,15,18)/t10-,12-/m0/s1.